The van der Waals surface area contributed by atoms with E-state index in [9.17, 15) is 9.59 Å². The molecule has 0 aliphatic heterocycles. The minimum atomic E-state index is -0.501. The summed E-state index contributed by atoms with van der Waals surface area (Å²) >= 11 is 0. The van der Waals surface area contributed by atoms with Gasteiger partial charge in [0.15, 0.2) is 5.78 Å². The molecule has 140 valence electrons. The number of fused-ring (bicyclic) bond motifs is 1. The number of carbonyl (C=O) groups excluding carboxylic acids is 2. The molecule has 2 aromatic heterocycles. The lowest BCUT2D eigenvalue weighted by molar-refractivity contribution is 0.0961. The molecule has 0 radical (unpaired) electrons. The number of ketones is 1. The zero-order valence-electron chi connectivity index (χ0n) is 15.2. The second kappa shape index (κ2) is 7.07. The van der Waals surface area contributed by atoms with Gasteiger partial charge >= 0.3 is 0 Å². The average Bonchev–Trinajstić information content (AvgIpc) is 3.34. The number of tetrazole rings is 1. The summed E-state index contributed by atoms with van der Waals surface area (Å²) < 4.78 is 0. The third kappa shape index (κ3) is 3.16. The Balaban J connectivity index is 1.56. The number of nitrogens with one attached hydrogen (secondary N) is 1. The largest absolute Gasteiger partial charge is 0.366 e. The summed E-state index contributed by atoms with van der Waals surface area (Å²) in [6, 6.07) is 12.5. The number of Topliss-reactive ketones (excluding diaryl/α,β-unsaturated/α-hetero) is 1. The normalized spacial score (nSPS) is 11.0. The number of aromatic amines is 1. The fourth-order valence-corrected chi connectivity index (χ4v) is 3.17. The molecule has 0 bridgehead atoms. The topological polar surface area (TPSA) is 120 Å². The number of H-pyrrole nitrogens is 1. The van der Waals surface area contributed by atoms with Gasteiger partial charge in [0.05, 0.1) is 0 Å². The highest BCUT2D eigenvalue weighted by molar-refractivity contribution is 6.08. The summed E-state index contributed by atoms with van der Waals surface area (Å²) in [7, 11) is 0. The highest BCUT2D eigenvalue weighted by atomic mass is 16.1. The maximum atomic E-state index is 12.8. The van der Waals surface area contributed by atoms with Crippen molar-refractivity contribution in [1.29, 1.82) is 0 Å². The van der Waals surface area contributed by atoms with E-state index in [0.717, 1.165) is 22.9 Å². The van der Waals surface area contributed by atoms with Crippen molar-refractivity contribution in [3.8, 4) is 11.4 Å². The first kappa shape index (κ1) is 17.6. The molecule has 0 spiro atoms. The molecule has 8 nitrogen and oxygen atoms in total. The highest BCUT2D eigenvalue weighted by Gasteiger charge is 2.16. The standard InChI is InChI=1S/C20H18N6O2/c1-2-12-4-3-5-15-16(10-22-18(12)15)17(27)11-26-24-20(23-25-26)14-8-6-13(7-9-14)19(21)28/h3-10,22H,2,11H2,1H3,(H2,21,28). The molecular formula is C20H18N6O2. The number of para-hydroxylation sites is 1. The Bertz CT molecular complexity index is 1170. The lowest BCUT2D eigenvalue weighted by Crippen LogP contribution is -2.13. The van der Waals surface area contributed by atoms with Gasteiger partial charge in [-0.1, -0.05) is 37.3 Å². The molecule has 3 N–H and O–H groups in total. The fourth-order valence-electron chi connectivity index (χ4n) is 3.17. The van der Waals surface area contributed by atoms with Crippen molar-refractivity contribution in [1.82, 2.24) is 25.2 Å². The minimum Gasteiger partial charge on any atom is -0.366 e. The first-order valence-electron chi connectivity index (χ1n) is 8.87. The summed E-state index contributed by atoms with van der Waals surface area (Å²) in [5, 5.41) is 13.1. The maximum Gasteiger partial charge on any atom is 0.248 e. The Labute approximate surface area is 160 Å². The summed E-state index contributed by atoms with van der Waals surface area (Å²) in [5.41, 5.74) is 9.07. The second-order valence-electron chi connectivity index (χ2n) is 6.40. The predicted octanol–water partition coefficient (Wildman–Crippen LogP) is 2.37. The molecule has 0 saturated heterocycles. The molecule has 0 unspecified atom stereocenters. The lowest BCUT2D eigenvalue weighted by atomic mass is 10.1. The average molecular weight is 374 g/mol. The quantitative estimate of drug-likeness (QED) is 0.502. The Morgan fingerprint density at radius 3 is 2.64 bits per heavy atom. The van der Waals surface area contributed by atoms with Crippen LogP contribution >= 0.6 is 0 Å². The van der Waals surface area contributed by atoms with Gasteiger partial charge in [0.1, 0.15) is 6.54 Å². The van der Waals surface area contributed by atoms with Crippen LogP contribution in [0.25, 0.3) is 22.3 Å². The zero-order valence-corrected chi connectivity index (χ0v) is 15.2. The number of hydrogen-bond donors (Lipinski definition) is 2. The van der Waals surface area contributed by atoms with E-state index in [0.29, 0.717) is 22.5 Å². The van der Waals surface area contributed by atoms with Crippen molar-refractivity contribution in [2.45, 2.75) is 19.9 Å². The van der Waals surface area contributed by atoms with Gasteiger partial charge in [0.2, 0.25) is 11.7 Å². The van der Waals surface area contributed by atoms with E-state index in [4.69, 9.17) is 5.73 Å². The van der Waals surface area contributed by atoms with Gasteiger partial charge in [0.25, 0.3) is 0 Å². The van der Waals surface area contributed by atoms with Crippen LogP contribution in [0.3, 0.4) is 0 Å². The number of amides is 1. The number of hydrogen-bond acceptors (Lipinski definition) is 5. The third-order valence-corrected chi connectivity index (χ3v) is 4.65. The Hall–Kier alpha value is -3.81. The molecule has 1 amide bonds. The number of carbonyl (C=O) groups is 2. The van der Waals surface area contributed by atoms with Gasteiger partial charge in [-0.15, -0.1) is 10.2 Å². The van der Waals surface area contributed by atoms with Gasteiger partial charge in [-0.25, -0.2) is 0 Å². The van der Waals surface area contributed by atoms with Crippen molar-refractivity contribution in [3.05, 3.63) is 65.4 Å². The Kier molecular flexibility index (Phi) is 4.44. The maximum absolute atomic E-state index is 12.8. The van der Waals surface area contributed by atoms with Crippen LogP contribution < -0.4 is 5.73 Å². The number of primary amides is 1. The van der Waals surface area contributed by atoms with Crippen LogP contribution in [0.2, 0.25) is 0 Å². The van der Waals surface area contributed by atoms with E-state index >= 15 is 0 Å². The van der Waals surface area contributed by atoms with Crippen LogP contribution in [0, 0.1) is 0 Å². The van der Waals surface area contributed by atoms with E-state index < -0.39 is 5.91 Å². The molecule has 4 aromatic rings. The minimum absolute atomic E-state index is 0.0182. The molecule has 4 rings (SSSR count). The van der Waals surface area contributed by atoms with Crippen LogP contribution in [-0.2, 0) is 13.0 Å². The summed E-state index contributed by atoms with van der Waals surface area (Å²) in [4.78, 5) is 28.4. The molecule has 2 aromatic carbocycles. The number of aryl methyl sites for hydroxylation is 1. The van der Waals surface area contributed by atoms with E-state index in [1.165, 1.54) is 4.80 Å². The predicted molar refractivity (Wildman–Crippen MR) is 104 cm³/mol. The van der Waals surface area contributed by atoms with E-state index in [1.807, 2.05) is 18.2 Å². The fraction of sp³-hybridized carbons (Fsp3) is 0.150. The van der Waals surface area contributed by atoms with Crippen LogP contribution in [0.5, 0.6) is 0 Å². The molecule has 28 heavy (non-hydrogen) atoms. The van der Waals surface area contributed by atoms with Crippen LogP contribution in [-0.4, -0.2) is 36.9 Å². The number of nitrogens with zero attached hydrogens (tertiary/aromatic N) is 4. The van der Waals surface area contributed by atoms with E-state index in [2.05, 4.69) is 27.3 Å². The molecule has 0 atom stereocenters. The van der Waals surface area contributed by atoms with Crippen molar-refractivity contribution < 1.29 is 9.59 Å². The van der Waals surface area contributed by atoms with Crippen molar-refractivity contribution in [2.24, 2.45) is 5.73 Å². The smallest absolute Gasteiger partial charge is 0.248 e. The first-order chi connectivity index (χ1) is 13.6. The zero-order chi connectivity index (χ0) is 19.7. The number of rotatable bonds is 6. The van der Waals surface area contributed by atoms with E-state index in [1.54, 1.807) is 30.5 Å². The second-order valence-corrected chi connectivity index (χ2v) is 6.40. The van der Waals surface area contributed by atoms with Crippen LogP contribution in [0.15, 0.2) is 48.7 Å². The Morgan fingerprint density at radius 1 is 1.14 bits per heavy atom. The van der Waals surface area contributed by atoms with Crippen molar-refractivity contribution in [2.75, 3.05) is 0 Å². The highest BCUT2D eigenvalue weighted by Crippen LogP contribution is 2.23. The van der Waals surface area contributed by atoms with Gasteiger partial charge in [-0.2, -0.15) is 4.80 Å². The monoisotopic (exact) mass is 374 g/mol. The number of benzene rings is 2. The number of aromatic nitrogens is 5. The van der Waals surface area contributed by atoms with Crippen LogP contribution in [0.4, 0.5) is 0 Å². The molecule has 0 aliphatic rings. The van der Waals surface area contributed by atoms with Crippen molar-refractivity contribution >= 4 is 22.6 Å². The lowest BCUT2D eigenvalue weighted by Gasteiger charge is -2.01. The van der Waals surface area contributed by atoms with Gasteiger partial charge < -0.3 is 10.7 Å². The summed E-state index contributed by atoms with van der Waals surface area (Å²) in [5.74, 6) is -0.234. The Morgan fingerprint density at radius 2 is 1.93 bits per heavy atom. The summed E-state index contributed by atoms with van der Waals surface area (Å²) in [6.07, 6.45) is 2.61. The molecule has 0 fully saturated rings. The first-order valence-corrected chi connectivity index (χ1v) is 8.87. The van der Waals surface area contributed by atoms with Gasteiger partial charge in [-0.05, 0) is 29.3 Å². The molecule has 0 saturated carbocycles. The number of nitrogens with two attached hydrogens (primary N) is 1. The third-order valence-electron chi connectivity index (χ3n) is 4.65. The summed E-state index contributed by atoms with van der Waals surface area (Å²) in [6.45, 7) is 2.06. The van der Waals surface area contributed by atoms with Gasteiger partial charge in [-0.3, -0.25) is 9.59 Å². The molecule has 2 heterocycles. The molecular weight excluding hydrogens is 356 g/mol. The van der Waals surface area contributed by atoms with E-state index in [-0.39, 0.29) is 12.3 Å². The van der Waals surface area contributed by atoms with Crippen molar-refractivity contribution in [3.63, 3.8) is 0 Å². The molecule has 0 aliphatic carbocycles. The van der Waals surface area contributed by atoms with Crippen LogP contribution in [0.1, 0.15) is 33.2 Å². The SMILES string of the molecule is CCc1cccc2c(C(=O)Cn3nnc(-c4ccc(C(N)=O)cc4)n3)c[nH]c12. The molecule has 8 heteroatoms. The van der Waals surface area contributed by atoms with Gasteiger partial charge in [0, 0.05) is 33.8 Å².